The lowest BCUT2D eigenvalue weighted by molar-refractivity contribution is -0.126. The van der Waals surface area contributed by atoms with Crippen LogP contribution in [0.4, 0.5) is 0 Å². The van der Waals surface area contributed by atoms with E-state index in [1.165, 1.54) is 0 Å². The molecule has 0 aromatic heterocycles. The van der Waals surface area contributed by atoms with E-state index in [1.54, 1.807) is 0 Å². The number of hydrogen-bond donors (Lipinski definition) is 2. The molecular formula is C12H24N2O. The Bertz CT molecular complexity index is 204. The van der Waals surface area contributed by atoms with Crippen LogP contribution in [0, 0.1) is 11.8 Å². The lowest BCUT2D eigenvalue weighted by Gasteiger charge is -2.28. The molecule has 15 heavy (non-hydrogen) atoms. The van der Waals surface area contributed by atoms with Crippen molar-refractivity contribution in [1.82, 2.24) is 10.6 Å². The SMILES string of the molecule is CC(C)CCNC(=O)C1CCCNC1C. The van der Waals surface area contributed by atoms with Gasteiger partial charge in [0, 0.05) is 12.6 Å². The molecule has 1 aliphatic rings. The maximum Gasteiger partial charge on any atom is 0.224 e. The predicted octanol–water partition coefficient (Wildman–Crippen LogP) is 1.54. The van der Waals surface area contributed by atoms with Gasteiger partial charge >= 0.3 is 0 Å². The van der Waals surface area contributed by atoms with Gasteiger partial charge in [-0.1, -0.05) is 13.8 Å². The minimum atomic E-state index is 0.172. The van der Waals surface area contributed by atoms with E-state index in [0.29, 0.717) is 12.0 Å². The summed E-state index contributed by atoms with van der Waals surface area (Å²) in [6, 6.07) is 0.331. The Labute approximate surface area is 93.0 Å². The molecule has 88 valence electrons. The van der Waals surface area contributed by atoms with E-state index in [4.69, 9.17) is 0 Å². The molecule has 3 nitrogen and oxygen atoms in total. The number of carbonyl (C=O) groups is 1. The van der Waals surface area contributed by atoms with E-state index in [0.717, 1.165) is 32.4 Å². The molecule has 0 aromatic carbocycles. The van der Waals surface area contributed by atoms with E-state index >= 15 is 0 Å². The van der Waals surface area contributed by atoms with Crippen LogP contribution in [0.15, 0.2) is 0 Å². The van der Waals surface area contributed by atoms with Crippen LogP contribution < -0.4 is 10.6 Å². The number of amides is 1. The largest absolute Gasteiger partial charge is 0.356 e. The number of piperidine rings is 1. The third-order valence-corrected chi connectivity index (χ3v) is 3.12. The monoisotopic (exact) mass is 212 g/mol. The normalized spacial score (nSPS) is 26.7. The van der Waals surface area contributed by atoms with Gasteiger partial charge in [0.05, 0.1) is 5.92 Å². The summed E-state index contributed by atoms with van der Waals surface area (Å²) in [7, 11) is 0. The summed E-state index contributed by atoms with van der Waals surface area (Å²) >= 11 is 0. The number of hydrogen-bond acceptors (Lipinski definition) is 2. The zero-order valence-electron chi connectivity index (χ0n) is 10.2. The molecule has 1 saturated heterocycles. The first kappa shape index (κ1) is 12.5. The fourth-order valence-corrected chi connectivity index (χ4v) is 2.02. The Balaban J connectivity index is 2.26. The molecule has 1 fully saturated rings. The van der Waals surface area contributed by atoms with Crippen molar-refractivity contribution in [2.45, 2.75) is 46.1 Å². The Morgan fingerprint density at radius 3 is 2.87 bits per heavy atom. The van der Waals surface area contributed by atoms with Crippen LogP contribution in [0.5, 0.6) is 0 Å². The van der Waals surface area contributed by atoms with Gasteiger partial charge in [0.1, 0.15) is 0 Å². The molecule has 1 rings (SSSR count). The molecule has 3 heteroatoms. The molecule has 1 amide bonds. The van der Waals surface area contributed by atoms with Crippen molar-refractivity contribution in [3.05, 3.63) is 0 Å². The van der Waals surface area contributed by atoms with Crippen LogP contribution in [-0.2, 0) is 4.79 Å². The Hall–Kier alpha value is -0.570. The van der Waals surface area contributed by atoms with Crippen molar-refractivity contribution < 1.29 is 4.79 Å². The quantitative estimate of drug-likeness (QED) is 0.742. The fourth-order valence-electron chi connectivity index (χ4n) is 2.02. The molecule has 1 aliphatic heterocycles. The van der Waals surface area contributed by atoms with Crippen LogP contribution in [-0.4, -0.2) is 25.0 Å². The first-order valence-electron chi connectivity index (χ1n) is 6.12. The summed E-state index contributed by atoms with van der Waals surface area (Å²) in [6.07, 6.45) is 3.22. The molecule has 2 atom stereocenters. The lowest BCUT2D eigenvalue weighted by atomic mass is 9.91. The topological polar surface area (TPSA) is 41.1 Å². The molecule has 0 aromatic rings. The van der Waals surface area contributed by atoms with Gasteiger partial charge in [0.25, 0.3) is 0 Å². The predicted molar refractivity (Wildman–Crippen MR) is 62.7 cm³/mol. The van der Waals surface area contributed by atoms with Gasteiger partial charge in [0.15, 0.2) is 0 Å². The molecule has 0 aliphatic carbocycles. The Kier molecular flexibility index (Phi) is 5.09. The van der Waals surface area contributed by atoms with Crippen molar-refractivity contribution in [2.24, 2.45) is 11.8 Å². The summed E-state index contributed by atoms with van der Waals surface area (Å²) in [5.74, 6) is 1.06. The summed E-state index contributed by atoms with van der Waals surface area (Å²) in [5.41, 5.74) is 0. The van der Waals surface area contributed by atoms with Crippen molar-refractivity contribution >= 4 is 5.91 Å². The van der Waals surface area contributed by atoms with Crippen LogP contribution >= 0.6 is 0 Å². The molecule has 0 saturated carbocycles. The zero-order valence-corrected chi connectivity index (χ0v) is 10.2. The third kappa shape index (κ3) is 4.20. The average molecular weight is 212 g/mol. The molecule has 2 N–H and O–H groups in total. The smallest absolute Gasteiger partial charge is 0.224 e. The van der Waals surface area contributed by atoms with E-state index < -0.39 is 0 Å². The second-order valence-corrected chi connectivity index (χ2v) is 4.97. The van der Waals surface area contributed by atoms with Crippen LogP contribution in [0.3, 0.4) is 0 Å². The first-order valence-corrected chi connectivity index (χ1v) is 6.12. The van der Waals surface area contributed by atoms with Crippen molar-refractivity contribution in [1.29, 1.82) is 0 Å². The maximum absolute atomic E-state index is 11.8. The minimum absolute atomic E-state index is 0.172. The highest BCUT2D eigenvalue weighted by molar-refractivity contribution is 5.79. The van der Waals surface area contributed by atoms with Crippen molar-refractivity contribution in [2.75, 3.05) is 13.1 Å². The standard InChI is InChI=1S/C12H24N2O/c1-9(2)6-8-14-12(15)11-5-4-7-13-10(11)3/h9-11,13H,4-8H2,1-3H3,(H,14,15). The number of rotatable bonds is 4. The van der Waals surface area contributed by atoms with Gasteiger partial charge in [0.2, 0.25) is 5.91 Å². The van der Waals surface area contributed by atoms with Crippen LogP contribution in [0.2, 0.25) is 0 Å². The van der Waals surface area contributed by atoms with E-state index in [2.05, 4.69) is 31.4 Å². The highest BCUT2D eigenvalue weighted by atomic mass is 16.1. The van der Waals surface area contributed by atoms with Crippen molar-refractivity contribution in [3.8, 4) is 0 Å². The van der Waals surface area contributed by atoms with E-state index in [-0.39, 0.29) is 11.8 Å². The zero-order chi connectivity index (χ0) is 11.3. The van der Waals surface area contributed by atoms with Crippen LogP contribution in [0.25, 0.3) is 0 Å². The molecular weight excluding hydrogens is 188 g/mol. The van der Waals surface area contributed by atoms with Gasteiger partial charge in [-0.05, 0) is 38.6 Å². The average Bonchev–Trinajstić information content (AvgIpc) is 2.17. The second kappa shape index (κ2) is 6.11. The highest BCUT2D eigenvalue weighted by Gasteiger charge is 2.26. The number of carbonyl (C=O) groups excluding carboxylic acids is 1. The van der Waals surface area contributed by atoms with E-state index in [9.17, 15) is 4.79 Å². The second-order valence-electron chi connectivity index (χ2n) is 4.97. The highest BCUT2D eigenvalue weighted by Crippen LogP contribution is 2.16. The van der Waals surface area contributed by atoms with Gasteiger partial charge in [-0.3, -0.25) is 4.79 Å². The summed E-state index contributed by atoms with van der Waals surface area (Å²) < 4.78 is 0. The molecule has 0 radical (unpaired) electrons. The Morgan fingerprint density at radius 1 is 1.53 bits per heavy atom. The first-order chi connectivity index (χ1) is 7.11. The minimum Gasteiger partial charge on any atom is -0.356 e. The van der Waals surface area contributed by atoms with Gasteiger partial charge in [-0.2, -0.15) is 0 Å². The van der Waals surface area contributed by atoms with Crippen LogP contribution in [0.1, 0.15) is 40.0 Å². The molecule has 2 unspecified atom stereocenters. The number of nitrogens with one attached hydrogen (secondary N) is 2. The summed E-state index contributed by atoms with van der Waals surface area (Å²) in [6.45, 7) is 8.33. The van der Waals surface area contributed by atoms with Gasteiger partial charge in [-0.25, -0.2) is 0 Å². The lowest BCUT2D eigenvalue weighted by Crippen LogP contribution is -2.46. The Morgan fingerprint density at radius 2 is 2.27 bits per heavy atom. The molecule has 1 heterocycles. The fraction of sp³-hybridized carbons (Fsp3) is 0.917. The van der Waals surface area contributed by atoms with E-state index in [1.807, 2.05) is 0 Å². The summed E-state index contributed by atoms with van der Waals surface area (Å²) in [4.78, 5) is 11.8. The molecule has 0 bridgehead atoms. The van der Waals surface area contributed by atoms with Gasteiger partial charge < -0.3 is 10.6 Å². The van der Waals surface area contributed by atoms with Gasteiger partial charge in [-0.15, -0.1) is 0 Å². The molecule has 0 spiro atoms. The summed E-state index contributed by atoms with van der Waals surface area (Å²) in [5, 5.41) is 6.39. The third-order valence-electron chi connectivity index (χ3n) is 3.12. The van der Waals surface area contributed by atoms with Crippen molar-refractivity contribution in [3.63, 3.8) is 0 Å². The maximum atomic E-state index is 11.8.